The van der Waals surface area contributed by atoms with E-state index in [9.17, 15) is 4.79 Å². The van der Waals surface area contributed by atoms with Crippen LogP contribution in [0, 0.1) is 20.8 Å². The molecule has 0 spiro atoms. The van der Waals surface area contributed by atoms with Gasteiger partial charge in [0.05, 0.1) is 6.04 Å². The SMILES string of the molecule is Cc1cc(C)c(C(C)NC(=O)c2ccc(C(C)(C)C)cc2)cc1C. The van der Waals surface area contributed by atoms with Gasteiger partial charge in [-0.15, -0.1) is 0 Å². The summed E-state index contributed by atoms with van der Waals surface area (Å²) in [5.74, 6) is -0.0272. The molecule has 2 rings (SSSR count). The Morgan fingerprint density at radius 1 is 0.917 bits per heavy atom. The van der Waals surface area contributed by atoms with Crippen LogP contribution in [0.4, 0.5) is 0 Å². The molecule has 1 N–H and O–H groups in total. The highest BCUT2D eigenvalue weighted by Crippen LogP contribution is 2.24. The van der Waals surface area contributed by atoms with Gasteiger partial charge in [-0.2, -0.15) is 0 Å². The fraction of sp³-hybridized carbons (Fsp3) is 0.409. The summed E-state index contributed by atoms with van der Waals surface area (Å²) in [7, 11) is 0. The Kier molecular flexibility index (Phi) is 5.17. The summed E-state index contributed by atoms with van der Waals surface area (Å²) in [6, 6.07) is 12.3. The first-order chi connectivity index (χ1) is 11.1. The fourth-order valence-corrected chi connectivity index (χ4v) is 2.93. The number of rotatable bonds is 3. The van der Waals surface area contributed by atoms with E-state index in [1.54, 1.807) is 0 Å². The molecule has 2 nitrogen and oxygen atoms in total. The van der Waals surface area contributed by atoms with Crippen LogP contribution in [0.2, 0.25) is 0 Å². The van der Waals surface area contributed by atoms with Crippen LogP contribution in [0.3, 0.4) is 0 Å². The normalized spacial score (nSPS) is 12.8. The molecule has 0 aromatic heterocycles. The minimum atomic E-state index is -0.0272. The molecule has 2 aromatic rings. The molecule has 1 unspecified atom stereocenters. The summed E-state index contributed by atoms with van der Waals surface area (Å²) in [6.45, 7) is 14.9. The van der Waals surface area contributed by atoms with Gasteiger partial charge in [-0.25, -0.2) is 0 Å². The smallest absolute Gasteiger partial charge is 0.251 e. The first-order valence-corrected chi connectivity index (χ1v) is 8.58. The molecule has 0 aliphatic heterocycles. The number of aryl methyl sites for hydroxylation is 3. The highest BCUT2D eigenvalue weighted by atomic mass is 16.1. The molecule has 24 heavy (non-hydrogen) atoms. The number of benzene rings is 2. The van der Waals surface area contributed by atoms with E-state index >= 15 is 0 Å². The number of hydrogen-bond acceptors (Lipinski definition) is 1. The zero-order valence-electron chi connectivity index (χ0n) is 15.9. The first-order valence-electron chi connectivity index (χ1n) is 8.58. The van der Waals surface area contributed by atoms with Gasteiger partial charge < -0.3 is 5.32 Å². The standard InChI is InChI=1S/C22H29NO/c1-14-12-16(3)20(13-15(14)2)17(4)23-21(24)18-8-10-19(11-9-18)22(5,6)7/h8-13,17H,1-7H3,(H,23,24). The molecule has 0 aliphatic carbocycles. The van der Waals surface area contributed by atoms with E-state index in [1.807, 2.05) is 31.2 Å². The Labute approximate surface area is 146 Å². The summed E-state index contributed by atoms with van der Waals surface area (Å²) in [6.07, 6.45) is 0. The summed E-state index contributed by atoms with van der Waals surface area (Å²) < 4.78 is 0. The van der Waals surface area contributed by atoms with Crippen LogP contribution in [-0.2, 0) is 5.41 Å². The molecule has 1 atom stereocenters. The van der Waals surface area contributed by atoms with Crippen LogP contribution in [0.5, 0.6) is 0 Å². The van der Waals surface area contributed by atoms with E-state index in [-0.39, 0.29) is 17.4 Å². The lowest BCUT2D eigenvalue weighted by Crippen LogP contribution is -2.27. The Bertz CT molecular complexity index is 736. The van der Waals surface area contributed by atoms with Crippen molar-refractivity contribution in [2.45, 2.75) is 59.9 Å². The van der Waals surface area contributed by atoms with Crippen molar-refractivity contribution in [3.63, 3.8) is 0 Å². The largest absolute Gasteiger partial charge is 0.346 e. The van der Waals surface area contributed by atoms with Gasteiger partial charge in [-0.3, -0.25) is 4.79 Å². The minimum absolute atomic E-state index is 0.0147. The molecule has 2 heteroatoms. The Morgan fingerprint density at radius 2 is 1.46 bits per heavy atom. The van der Waals surface area contributed by atoms with Crippen molar-refractivity contribution < 1.29 is 4.79 Å². The Hall–Kier alpha value is -2.09. The second-order valence-corrected chi connectivity index (χ2v) is 7.82. The van der Waals surface area contributed by atoms with Crippen molar-refractivity contribution in [2.24, 2.45) is 0 Å². The van der Waals surface area contributed by atoms with E-state index in [0.29, 0.717) is 5.56 Å². The lowest BCUT2D eigenvalue weighted by molar-refractivity contribution is 0.0939. The first kappa shape index (κ1) is 18.3. The topological polar surface area (TPSA) is 29.1 Å². The zero-order chi connectivity index (χ0) is 18.1. The van der Waals surface area contributed by atoms with E-state index in [2.05, 4.69) is 59.0 Å². The average molecular weight is 323 g/mol. The predicted molar refractivity (Wildman–Crippen MR) is 102 cm³/mol. The molecule has 128 valence electrons. The number of amides is 1. The molecular formula is C22H29NO. The number of nitrogens with one attached hydrogen (secondary N) is 1. The van der Waals surface area contributed by atoms with Crippen molar-refractivity contribution in [2.75, 3.05) is 0 Å². The number of carbonyl (C=O) groups is 1. The van der Waals surface area contributed by atoms with Gasteiger partial charge in [0.1, 0.15) is 0 Å². The number of carbonyl (C=O) groups excluding carboxylic acids is 1. The highest BCUT2D eigenvalue weighted by molar-refractivity contribution is 5.94. The second kappa shape index (κ2) is 6.80. The van der Waals surface area contributed by atoms with E-state index in [0.717, 1.165) is 0 Å². The van der Waals surface area contributed by atoms with Gasteiger partial charge in [-0.1, -0.05) is 45.0 Å². The molecule has 0 fully saturated rings. The van der Waals surface area contributed by atoms with Gasteiger partial charge in [0.25, 0.3) is 5.91 Å². The van der Waals surface area contributed by atoms with Gasteiger partial charge in [-0.05, 0) is 73.1 Å². The third-order valence-corrected chi connectivity index (χ3v) is 4.71. The van der Waals surface area contributed by atoms with Gasteiger partial charge >= 0.3 is 0 Å². The van der Waals surface area contributed by atoms with Gasteiger partial charge in [0, 0.05) is 5.56 Å². The molecular weight excluding hydrogens is 294 g/mol. The molecule has 0 saturated heterocycles. The van der Waals surface area contributed by atoms with Crippen molar-refractivity contribution >= 4 is 5.91 Å². The monoisotopic (exact) mass is 323 g/mol. The molecule has 2 aromatic carbocycles. The van der Waals surface area contributed by atoms with Gasteiger partial charge in [0.15, 0.2) is 0 Å². The minimum Gasteiger partial charge on any atom is -0.346 e. The average Bonchev–Trinajstić information content (AvgIpc) is 2.50. The molecule has 0 heterocycles. The maximum atomic E-state index is 12.5. The van der Waals surface area contributed by atoms with Crippen molar-refractivity contribution in [1.82, 2.24) is 5.32 Å². The third kappa shape index (κ3) is 4.05. The maximum absolute atomic E-state index is 12.5. The second-order valence-electron chi connectivity index (χ2n) is 7.82. The summed E-state index contributed by atoms with van der Waals surface area (Å²) in [5, 5.41) is 3.12. The molecule has 1 amide bonds. The van der Waals surface area contributed by atoms with Crippen LogP contribution >= 0.6 is 0 Å². The van der Waals surface area contributed by atoms with Crippen LogP contribution in [0.1, 0.15) is 71.9 Å². The molecule has 0 radical (unpaired) electrons. The predicted octanol–water partition coefficient (Wildman–Crippen LogP) is 5.40. The quantitative estimate of drug-likeness (QED) is 0.805. The van der Waals surface area contributed by atoms with Crippen molar-refractivity contribution in [3.8, 4) is 0 Å². The maximum Gasteiger partial charge on any atom is 0.251 e. The van der Waals surface area contributed by atoms with Crippen molar-refractivity contribution in [3.05, 3.63) is 69.8 Å². The lowest BCUT2D eigenvalue weighted by Gasteiger charge is -2.20. The van der Waals surface area contributed by atoms with Crippen LogP contribution < -0.4 is 5.32 Å². The molecule has 0 saturated carbocycles. The zero-order valence-corrected chi connectivity index (χ0v) is 15.9. The van der Waals surface area contributed by atoms with E-state index < -0.39 is 0 Å². The van der Waals surface area contributed by atoms with Crippen LogP contribution in [-0.4, -0.2) is 5.91 Å². The van der Waals surface area contributed by atoms with Crippen LogP contribution in [0.15, 0.2) is 36.4 Å². The van der Waals surface area contributed by atoms with E-state index in [4.69, 9.17) is 0 Å². The third-order valence-electron chi connectivity index (χ3n) is 4.71. The fourth-order valence-electron chi connectivity index (χ4n) is 2.93. The molecule has 0 bridgehead atoms. The Morgan fingerprint density at radius 3 is 2.00 bits per heavy atom. The summed E-state index contributed by atoms with van der Waals surface area (Å²) in [5.41, 5.74) is 6.97. The lowest BCUT2D eigenvalue weighted by atomic mass is 9.86. The summed E-state index contributed by atoms with van der Waals surface area (Å²) >= 11 is 0. The Balaban J connectivity index is 2.16. The summed E-state index contributed by atoms with van der Waals surface area (Å²) in [4.78, 5) is 12.5. The van der Waals surface area contributed by atoms with Crippen molar-refractivity contribution in [1.29, 1.82) is 0 Å². The molecule has 0 aliphatic rings. The number of hydrogen-bond donors (Lipinski definition) is 1. The van der Waals surface area contributed by atoms with Crippen LogP contribution in [0.25, 0.3) is 0 Å². The van der Waals surface area contributed by atoms with Gasteiger partial charge in [0.2, 0.25) is 0 Å². The van der Waals surface area contributed by atoms with E-state index in [1.165, 1.54) is 27.8 Å². The highest BCUT2D eigenvalue weighted by Gasteiger charge is 2.16.